The molecule has 8 heteroatoms. The molecule has 1 aliphatic heterocycles. The Morgan fingerprint density at radius 1 is 1.43 bits per heavy atom. The van der Waals surface area contributed by atoms with Crippen LogP contribution >= 0.6 is 35.0 Å². The van der Waals surface area contributed by atoms with Gasteiger partial charge in [-0.25, -0.2) is 4.98 Å². The Hall–Kier alpha value is -1.21. The van der Waals surface area contributed by atoms with Gasteiger partial charge in [-0.2, -0.15) is 0 Å². The molecule has 0 spiro atoms. The number of hydrogen-bond acceptors (Lipinski definition) is 5. The maximum Gasteiger partial charge on any atom is 0.256 e. The number of phenolic OH excluding ortho intramolecular Hbond substituents is 1. The van der Waals surface area contributed by atoms with Gasteiger partial charge in [-0.3, -0.25) is 9.69 Å². The van der Waals surface area contributed by atoms with Crippen molar-refractivity contribution >= 4 is 35.0 Å². The summed E-state index contributed by atoms with van der Waals surface area (Å²) in [4.78, 5) is 21.5. The lowest BCUT2D eigenvalue weighted by Crippen LogP contribution is -2.35. The molecule has 1 aliphatic rings. The second-order valence-corrected chi connectivity index (χ2v) is 7.00. The smallest absolute Gasteiger partial charge is 0.256 e. The van der Waals surface area contributed by atoms with Crippen molar-refractivity contribution in [2.24, 2.45) is 0 Å². The molecular formula is C15H15Cl2N3O2S. The van der Waals surface area contributed by atoms with Crippen LogP contribution in [0.25, 0.3) is 0 Å². The maximum atomic E-state index is 12.2. The normalized spacial score (nSPS) is 14.7. The van der Waals surface area contributed by atoms with Crippen LogP contribution in [-0.2, 0) is 19.5 Å². The number of hydrogen-bond donors (Lipinski definition) is 2. The van der Waals surface area contributed by atoms with Gasteiger partial charge < -0.3 is 10.1 Å². The van der Waals surface area contributed by atoms with Crippen LogP contribution in [0.15, 0.2) is 22.1 Å². The van der Waals surface area contributed by atoms with Crippen LogP contribution in [0, 0.1) is 0 Å². The molecule has 2 N–H and O–H groups in total. The van der Waals surface area contributed by atoms with Crippen molar-refractivity contribution in [2.45, 2.75) is 24.7 Å². The van der Waals surface area contributed by atoms with E-state index in [1.54, 1.807) is 6.07 Å². The monoisotopic (exact) mass is 371 g/mol. The third kappa shape index (κ3) is 3.50. The average Bonchev–Trinajstić information content (AvgIpc) is 2.52. The predicted molar refractivity (Wildman–Crippen MR) is 92.6 cm³/mol. The molecule has 23 heavy (non-hydrogen) atoms. The first-order chi connectivity index (χ1) is 11.0. The first kappa shape index (κ1) is 16.6. The Labute approximate surface area is 147 Å². The van der Waals surface area contributed by atoms with Gasteiger partial charge in [0.15, 0.2) is 5.16 Å². The number of aromatic nitrogens is 2. The molecule has 2 aromatic rings. The van der Waals surface area contributed by atoms with Gasteiger partial charge in [-0.1, -0.05) is 35.0 Å². The van der Waals surface area contributed by atoms with E-state index >= 15 is 0 Å². The van der Waals surface area contributed by atoms with E-state index < -0.39 is 0 Å². The number of phenols is 1. The predicted octanol–water partition coefficient (Wildman–Crippen LogP) is 3.06. The number of aromatic amines is 1. The second-order valence-electron chi connectivity index (χ2n) is 5.36. The topological polar surface area (TPSA) is 69.2 Å². The average molecular weight is 372 g/mol. The molecule has 0 fully saturated rings. The fraction of sp³-hybridized carbons (Fsp3) is 0.333. The maximum absolute atomic E-state index is 12.2. The van der Waals surface area contributed by atoms with Crippen molar-refractivity contribution in [3.63, 3.8) is 0 Å². The van der Waals surface area contributed by atoms with Crippen molar-refractivity contribution in [1.82, 2.24) is 14.9 Å². The minimum atomic E-state index is -0.0996. The van der Waals surface area contributed by atoms with E-state index in [1.165, 1.54) is 17.8 Å². The molecule has 0 bridgehead atoms. The van der Waals surface area contributed by atoms with Crippen LogP contribution in [0.2, 0.25) is 10.0 Å². The lowest BCUT2D eigenvalue weighted by molar-refractivity contribution is 0.238. The molecule has 1 aromatic heterocycles. The molecule has 0 aliphatic carbocycles. The number of halogens is 2. The third-order valence-electron chi connectivity index (χ3n) is 3.82. The Morgan fingerprint density at radius 3 is 2.96 bits per heavy atom. The van der Waals surface area contributed by atoms with E-state index in [0.717, 1.165) is 12.2 Å². The molecule has 0 unspecified atom stereocenters. The minimum absolute atomic E-state index is 0.0339. The second kappa shape index (κ2) is 6.73. The van der Waals surface area contributed by atoms with Crippen LogP contribution in [0.4, 0.5) is 0 Å². The van der Waals surface area contributed by atoms with E-state index in [0.29, 0.717) is 40.8 Å². The summed E-state index contributed by atoms with van der Waals surface area (Å²) in [5.41, 5.74) is 2.08. The number of benzene rings is 1. The molecule has 0 saturated carbocycles. The van der Waals surface area contributed by atoms with E-state index in [9.17, 15) is 9.90 Å². The summed E-state index contributed by atoms with van der Waals surface area (Å²) in [5.74, 6) is 0.0339. The number of fused-ring (bicyclic) bond motifs is 1. The zero-order valence-corrected chi connectivity index (χ0v) is 14.7. The number of thioether (sulfide) groups is 1. The fourth-order valence-corrected chi connectivity index (χ4v) is 3.60. The van der Waals surface area contributed by atoms with Gasteiger partial charge in [0.05, 0.1) is 16.3 Å². The highest BCUT2D eigenvalue weighted by Crippen LogP contribution is 2.32. The summed E-state index contributed by atoms with van der Waals surface area (Å²) in [7, 11) is 0. The van der Waals surface area contributed by atoms with Gasteiger partial charge in [0, 0.05) is 36.6 Å². The summed E-state index contributed by atoms with van der Waals surface area (Å²) in [6.45, 7) is 1.70. The van der Waals surface area contributed by atoms with Crippen molar-refractivity contribution in [3.8, 4) is 5.75 Å². The van der Waals surface area contributed by atoms with Gasteiger partial charge >= 0.3 is 0 Å². The number of aromatic hydroxyl groups is 1. The van der Waals surface area contributed by atoms with Crippen LogP contribution in [0.3, 0.4) is 0 Å². The van der Waals surface area contributed by atoms with Crippen molar-refractivity contribution < 1.29 is 5.11 Å². The van der Waals surface area contributed by atoms with Crippen molar-refractivity contribution in [3.05, 3.63) is 49.4 Å². The molecule has 1 aromatic carbocycles. The zero-order valence-electron chi connectivity index (χ0n) is 12.4. The summed E-state index contributed by atoms with van der Waals surface area (Å²) in [5, 5.41) is 11.4. The zero-order chi connectivity index (χ0) is 16.6. The van der Waals surface area contributed by atoms with Gasteiger partial charge in [0.25, 0.3) is 5.56 Å². The van der Waals surface area contributed by atoms with E-state index in [4.69, 9.17) is 23.2 Å². The lowest BCUT2D eigenvalue weighted by Gasteiger charge is -2.28. The fourth-order valence-electron chi connectivity index (χ4n) is 2.67. The SMILES string of the molecule is CSc1nc2c(c(=O)[nH]1)CN(Cc1cc(Cl)cc(Cl)c1O)CC2. The summed E-state index contributed by atoms with van der Waals surface area (Å²) >= 11 is 13.4. The number of nitrogens with zero attached hydrogens (tertiary/aromatic N) is 2. The highest BCUT2D eigenvalue weighted by atomic mass is 35.5. The molecule has 0 atom stereocenters. The first-order valence-corrected chi connectivity index (χ1v) is 9.01. The van der Waals surface area contributed by atoms with E-state index in [1.807, 2.05) is 6.26 Å². The van der Waals surface area contributed by atoms with Crippen LogP contribution in [-0.4, -0.2) is 32.8 Å². The Bertz CT molecular complexity index is 810. The van der Waals surface area contributed by atoms with Crippen molar-refractivity contribution in [2.75, 3.05) is 12.8 Å². The number of H-pyrrole nitrogens is 1. The Balaban J connectivity index is 1.85. The first-order valence-electron chi connectivity index (χ1n) is 7.03. The van der Waals surface area contributed by atoms with Gasteiger partial charge in [0.2, 0.25) is 0 Å². The highest BCUT2D eigenvalue weighted by Gasteiger charge is 2.22. The molecule has 3 rings (SSSR count). The third-order valence-corrected chi connectivity index (χ3v) is 4.91. The summed E-state index contributed by atoms with van der Waals surface area (Å²) in [6.07, 6.45) is 2.58. The number of rotatable bonds is 3. The molecule has 0 amide bonds. The quantitative estimate of drug-likeness (QED) is 0.640. The molecule has 0 saturated heterocycles. The minimum Gasteiger partial charge on any atom is -0.506 e. The van der Waals surface area contributed by atoms with E-state index in [2.05, 4.69) is 14.9 Å². The number of nitrogens with one attached hydrogen (secondary N) is 1. The molecule has 0 radical (unpaired) electrons. The summed E-state index contributed by atoms with van der Waals surface area (Å²) in [6, 6.07) is 3.20. The van der Waals surface area contributed by atoms with Crippen molar-refractivity contribution in [1.29, 1.82) is 0 Å². The van der Waals surface area contributed by atoms with Gasteiger partial charge in [-0.15, -0.1) is 0 Å². The summed E-state index contributed by atoms with van der Waals surface area (Å²) < 4.78 is 0. The lowest BCUT2D eigenvalue weighted by atomic mass is 10.1. The largest absolute Gasteiger partial charge is 0.506 e. The Kier molecular flexibility index (Phi) is 4.87. The van der Waals surface area contributed by atoms with Crippen LogP contribution in [0.5, 0.6) is 5.75 Å². The van der Waals surface area contributed by atoms with Crippen LogP contribution in [0.1, 0.15) is 16.8 Å². The Morgan fingerprint density at radius 2 is 2.22 bits per heavy atom. The molecule has 2 heterocycles. The molecule has 122 valence electrons. The van der Waals surface area contributed by atoms with Crippen LogP contribution < -0.4 is 5.56 Å². The van der Waals surface area contributed by atoms with Gasteiger partial charge in [0.1, 0.15) is 5.75 Å². The highest BCUT2D eigenvalue weighted by molar-refractivity contribution is 7.98. The van der Waals surface area contributed by atoms with E-state index in [-0.39, 0.29) is 16.3 Å². The standard InChI is InChI=1S/C15H15Cl2N3O2S/c1-23-15-18-12-2-3-20(7-10(12)14(22)19-15)6-8-4-9(16)5-11(17)13(8)21/h4-5,21H,2-3,6-7H2,1H3,(H,18,19,22). The molecular weight excluding hydrogens is 357 g/mol. The molecule has 5 nitrogen and oxygen atoms in total. The van der Waals surface area contributed by atoms with Gasteiger partial charge in [-0.05, 0) is 18.4 Å².